The number of urea groups is 1. The number of benzene rings is 2. The van der Waals surface area contributed by atoms with E-state index in [1.165, 1.54) is 36.6 Å². The van der Waals surface area contributed by atoms with E-state index in [9.17, 15) is 46.8 Å². The molecule has 0 aliphatic carbocycles. The number of anilines is 1. The number of unbranched alkanes of at least 4 members (excludes halogenated alkanes) is 3. The number of aromatic nitrogens is 1. The van der Waals surface area contributed by atoms with Crippen molar-refractivity contribution >= 4 is 74.7 Å². The molecule has 0 radical (unpaired) electrons. The minimum absolute atomic E-state index is 0.0321. The molecule has 1 saturated heterocycles. The Morgan fingerprint density at radius 2 is 1.54 bits per heavy atom. The van der Waals surface area contributed by atoms with Crippen LogP contribution in [0, 0.1) is 17.8 Å². The van der Waals surface area contributed by atoms with Gasteiger partial charge in [-0.25, -0.2) is 27.7 Å². The van der Waals surface area contributed by atoms with E-state index < -0.39 is 76.1 Å². The minimum atomic E-state index is -4.43. The summed E-state index contributed by atoms with van der Waals surface area (Å²) in [6.07, 6.45) is 5.74. The Balaban J connectivity index is 1.37. The van der Waals surface area contributed by atoms with E-state index in [1.807, 2.05) is 44.5 Å². The highest BCUT2D eigenvalue weighted by molar-refractivity contribution is 7.90. The summed E-state index contributed by atoms with van der Waals surface area (Å²) < 4.78 is 40.3. The van der Waals surface area contributed by atoms with Crippen molar-refractivity contribution in [2.75, 3.05) is 32.0 Å². The van der Waals surface area contributed by atoms with Gasteiger partial charge in [-0.1, -0.05) is 105 Å². The van der Waals surface area contributed by atoms with Crippen molar-refractivity contribution in [3.8, 4) is 0 Å². The third-order valence-electron chi connectivity index (χ3n) is 14.5. The number of piperidine rings is 1. The van der Waals surface area contributed by atoms with E-state index in [1.54, 1.807) is 38.1 Å². The van der Waals surface area contributed by atoms with Gasteiger partial charge in [0.05, 0.1) is 17.0 Å². The van der Waals surface area contributed by atoms with Crippen molar-refractivity contribution in [3.05, 3.63) is 75.7 Å². The summed E-state index contributed by atoms with van der Waals surface area (Å²) in [5.41, 5.74) is 12.4. The van der Waals surface area contributed by atoms with Crippen LogP contribution in [0.1, 0.15) is 159 Å². The number of esters is 1. The Morgan fingerprint density at radius 3 is 2.15 bits per heavy atom. The van der Waals surface area contributed by atoms with Crippen molar-refractivity contribution in [2.45, 2.75) is 180 Å². The number of ether oxygens (including phenoxy) is 2. The van der Waals surface area contributed by atoms with Crippen LogP contribution in [-0.2, 0) is 56.6 Å². The Hall–Kier alpha value is -6.70. The molecule has 1 fully saturated rings. The maximum absolute atomic E-state index is 14.9. The number of nitrogens with two attached hydrogens (primary N) is 2. The standard InChI is InChI=1S/C57H87N11O12S2/c1-10-12-13-15-30-68(55(74)49(37(7)11-2)65-52(72)45-19-14-16-29-67(45)9)46(35(3)4)31-47(80-38(8)69)54-64-44(34-81-54)51(71)66-82(77,78)42-26-22-39(23-27-42)32-61-57(76)79-33-40-20-24-41(25-21-40)62-50(70)43(18-17-28-60-56(59)75)63-53(73)48(58)36(5)6/h20-27,34-37,43,45-49H,10-19,28-33,58H2,1-9H3,(H,61,76)(H,62,70)(H,63,73)(H,65,72)(H,66,71)(H3,59,60,75)/t37-,43-,45+,46+,47+,48-,49-/m0/s1. The summed E-state index contributed by atoms with van der Waals surface area (Å²) >= 11 is 1.02. The first-order chi connectivity index (χ1) is 38.8. The second-order valence-electron chi connectivity index (χ2n) is 21.6. The molecule has 0 spiro atoms. The molecule has 1 aliphatic heterocycles. The van der Waals surface area contributed by atoms with E-state index in [2.05, 4.69) is 43.2 Å². The maximum Gasteiger partial charge on any atom is 0.407 e. The zero-order valence-electron chi connectivity index (χ0n) is 48.9. The Labute approximate surface area is 487 Å². The molecular formula is C57H87N11O12S2. The van der Waals surface area contributed by atoms with Crippen molar-refractivity contribution in [2.24, 2.45) is 29.2 Å². The summed E-state index contributed by atoms with van der Waals surface area (Å²) in [4.78, 5) is 113. The first-order valence-corrected chi connectivity index (χ1v) is 30.7. The predicted octanol–water partition coefficient (Wildman–Crippen LogP) is 5.99. The lowest BCUT2D eigenvalue weighted by atomic mass is 9.91. The minimum Gasteiger partial charge on any atom is -0.455 e. The summed E-state index contributed by atoms with van der Waals surface area (Å²) in [5, 5.41) is 15.2. The zero-order valence-corrected chi connectivity index (χ0v) is 50.6. The van der Waals surface area contributed by atoms with E-state index in [0.717, 1.165) is 50.0 Å². The van der Waals surface area contributed by atoms with Crippen LogP contribution in [0.3, 0.4) is 0 Å². The molecule has 7 atom stereocenters. The molecule has 23 nitrogen and oxygen atoms in total. The van der Waals surface area contributed by atoms with Crippen molar-refractivity contribution < 1.29 is 56.2 Å². The number of likely N-dealkylation sites (tertiary alicyclic amines) is 1. The lowest BCUT2D eigenvalue weighted by Gasteiger charge is -2.40. The molecule has 1 aliphatic rings. The molecule has 2 aromatic carbocycles. The van der Waals surface area contributed by atoms with Crippen LogP contribution >= 0.6 is 11.3 Å². The quantitative estimate of drug-likeness (QED) is 0.0263. The van der Waals surface area contributed by atoms with Gasteiger partial charge in [-0.05, 0) is 98.8 Å². The highest BCUT2D eigenvalue weighted by Crippen LogP contribution is 2.32. The third kappa shape index (κ3) is 21.6. The smallest absolute Gasteiger partial charge is 0.407 e. The molecule has 3 aromatic rings. The number of primary amides is 1. The summed E-state index contributed by atoms with van der Waals surface area (Å²) in [5.74, 6) is -3.52. The Morgan fingerprint density at radius 1 is 0.854 bits per heavy atom. The average Bonchev–Trinajstić information content (AvgIpc) is 4.03. The van der Waals surface area contributed by atoms with Gasteiger partial charge in [0.15, 0.2) is 6.10 Å². The molecule has 454 valence electrons. The third-order valence-corrected chi connectivity index (χ3v) is 16.7. The first kappa shape index (κ1) is 67.8. The van der Waals surface area contributed by atoms with Crippen LogP contribution in [0.2, 0.25) is 0 Å². The van der Waals surface area contributed by atoms with Gasteiger partial charge in [0.2, 0.25) is 23.6 Å². The number of hydrogen-bond donors (Lipinski definition) is 8. The number of nitrogens with zero attached hydrogens (tertiary/aromatic N) is 3. The van der Waals surface area contributed by atoms with E-state index >= 15 is 0 Å². The predicted molar refractivity (Wildman–Crippen MR) is 312 cm³/mol. The fraction of sp³-hybridized carbons (Fsp3) is 0.596. The van der Waals surface area contributed by atoms with Gasteiger partial charge in [0, 0.05) is 50.1 Å². The van der Waals surface area contributed by atoms with Crippen LogP contribution in [0.15, 0.2) is 58.8 Å². The number of amides is 8. The normalized spacial score (nSPS) is 15.9. The van der Waals surface area contributed by atoms with Gasteiger partial charge in [-0.2, -0.15) is 0 Å². The molecule has 25 heteroatoms. The van der Waals surface area contributed by atoms with E-state index in [0.29, 0.717) is 49.0 Å². The summed E-state index contributed by atoms with van der Waals surface area (Å²) in [7, 11) is -2.50. The molecule has 0 bridgehead atoms. The van der Waals surface area contributed by atoms with Crippen molar-refractivity contribution in [1.29, 1.82) is 0 Å². The van der Waals surface area contributed by atoms with Crippen LogP contribution in [0.25, 0.3) is 0 Å². The van der Waals surface area contributed by atoms with Crippen molar-refractivity contribution in [1.82, 2.24) is 40.8 Å². The highest BCUT2D eigenvalue weighted by atomic mass is 32.2. The largest absolute Gasteiger partial charge is 0.455 e. The van der Waals surface area contributed by atoms with Gasteiger partial charge in [-0.15, -0.1) is 11.3 Å². The SMILES string of the molecule is CCCCCCN(C(=O)[C@@H](NC(=O)[C@H]1CCCCN1C)[C@@H](C)CC)[C@H](C[C@@H](OC(C)=O)c1nc(C(=O)NS(=O)(=O)c2ccc(CNC(=O)OCc3ccc(NC(=O)[C@H](CCCNC(N)=O)NC(=O)[C@@H](N)C(C)C)cc3)cc2)cs1)C(C)C. The highest BCUT2D eigenvalue weighted by Gasteiger charge is 2.39. The lowest BCUT2D eigenvalue weighted by Crippen LogP contribution is -2.59. The number of thiazole rings is 1. The molecule has 8 amide bonds. The average molecular weight is 1180 g/mol. The number of rotatable bonds is 32. The molecule has 10 N–H and O–H groups in total. The van der Waals surface area contributed by atoms with Crippen LogP contribution in [-0.4, -0.2) is 128 Å². The fourth-order valence-electron chi connectivity index (χ4n) is 9.25. The number of hydrogen-bond acceptors (Lipinski definition) is 16. The van der Waals surface area contributed by atoms with Gasteiger partial charge < -0.3 is 52.4 Å². The first-order valence-electron chi connectivity index (χ1n) is 28.3. The Bertz CT molecular complexity index is 2710. The molecule has 0 saturated carbocycles. The number of alkyl carbamates (subject to hydrolysis) is 1. The second kappa shape index (κ2) is 33.4. The molecule has 0 unspecified atom stereocenters. The summed E-state index contributed by atoms with van der Waals surface area (Å²) in [6, 6.07) is 7.80. The maximum atomic E-state index is 14.9. The number of nitrogens with one attached hydrogen (secondary N) is 6. The lowest BCUT2D eigenvalue weighted by molar-refractivity contribution is -0.149. The zero-order chi connectivity index (χ0) is 60.7. The number of likely N-dealkylation sites (N-methyl/N-ethyl adjacent to an activating group) is 1. The topological polar surface area (TPSA) is 333 Å². The number of carbonyl (C=O) groups is 8. The van der Waals surface area contributed by atoms with Crippen LogP contribution < -0.4 is 42.8 Å². The number of sulfonamides is 1. The molecule has 1 aromatic heterocycles. The van der Waals surface area contributed by atoms with Gasteiger partial charge >= 0.3 is 18.1 Å². The van der Waals surface area contributed by atoms with Gasteiger partial charge in [0.25, 0.3) is 15.9 Å². The van der Waals surface area contributed by atoms with Gasteiger partial charge in [-0.3, -0.25) is 33.7 Å². The second-order valence-corrected chi connectivity index (χ2v) is 24.2. The molecular weight excluding hydrogens is 1090 g/mol. The fourth-order valence-corrected chi connectivity index (χ4v) is 11.0. The Kier molecular flexibility index (Phi) is 27.6. The summed E-state index contributed by atoms with van der Waals surface area (Å²) in [6.45, 7) is 16.1. The molecule has 82 heavy (non-hydrogen) atoms. The van der Waals surface area contributed by atoms with E-state index in [4.69, 9.17) is 20.9 Å². The number of carbonyl (C=O) groups excluding carboxylic acids is 8. The van der Waals surface area contributed by atoms with Crippen LogP contribution in [0.5, 0.6) is 0 Å². The van der Waals surface area contributed by atoms with Crippen molar-refractivity contribution in [3.63, 3.8) is 0 Å². The molecule has 4 rings (SSSR count). The van der Waals surface area contributed by atoms with Crippen LogP contribution in [0.4, 0.5) is 15.3 Å². The monoisotopic (exact) mass is 1180 g/mol. The van der Waals surface area contributed by atoms with Gasteiger partial charge in [0.1, 0.15) is 29.4 Å². The molecule has 2 heterocycles. The van der Waals surface area contributed by atoms with E-state index in [-0.39, 0.29) is 83.7 Å².